The predicted octanol–water partition coefficient (Wildman–Crippen LogP) is 3.24. The minimum absolute atomic E-state index is 0. The van der Waals surface area contributed by atoms with E-state index >= 15 is 0 Å². The van der Waals surface area contributed by atoms with Gasteiger partial charge in [0.15, 0.2) is 0 Å². The van der Waals surface area contributed by atoms with Gasteiger partial charge >= 0.3 is 0 Å². The van der Waals surface area contributed by atoms with Crippen LogP contribution in [-0.2, 0) is 12.8 Å². The number of para-hydroxylation sites is 1. The number of fused-ring (bicyclic) bond motifs is 1. The standard InChI is InChI=1S/C25H22NS.ClH/c1-3-10-19(11-4-1)21-14-9-15-22(20-12-5-2-6-13-20)25(21)26-18-27-24-17-8-7-16-23(24)26;/h1-6,9-15,18H,7-8,16-17H2;1H/q+1;/p-1. The van der Waals surface area contributed by atoms with E-state index in [2.05, 4.69) is 88.9 Å². The van der Waals surface area contributed by atoms with Crippen LogP contribution in [0.5, 0.6) is 0 Å². The number of hydrogen-bond donors (Lipinski definition) is 0. The molecule has 0 radical (unpaired) electrons. The van der Waals surface area contributed by atoms with Crippen molar-refractivity contribution in [1.82, 2.24) is 0 Å². The molecule has 0 saturated carbocycles. The molecular weight excluding hydrogens is 382 g/mol. The van der Waals surface area contributed by atoms with Gasteiger partial charge in [-0.3, -0.25) is 0 Å². The highest BCUT2D eigenvalue weighted by molar-refractivity contribution is 7.09. The maximum Gasteiger partial charge on any atom is 0.231 e. The Bertz CT molecular complexity index is 1010. The molecule has 4 aromatic rings. The van der Waals surface area contributed by atoms with Crippen molar-refractivity contribution in [2.45, 2.75) is 25.7 Å². The molecule has 0 bridgehead atoms. The molecule has 0 aliphatic heterocycles. The largest absolute Gasteiger partial charge is 1.00 e. The fourth-order valence-electron chi connectivity index (χ4n) is 4.12. The van der Waals surface area contributed by atoms with Crippen LogP contribution < -0.4 is 17.0 Å². The number of thiazole rings is 1. The SMILES string of the molecule is [Cl-].c1ccc(-c2cccc(-c3ccccc3)c2-[n+]2csc3c2CCCC3)cc1. The fraction of sp³-hybridized carbons (Fsp3) is 0.160. The molecule has 1 heterocycles. The number of nitrogens with zero attached hydrogens (tertiary/aromatic N) is 1. The van der Waals surface area contributed by atoms with Gasteiger partial charge < -0.3 is 12.4 Å². The van der Waals surface area contributed by atoms with Gasteiger partial charge in [-0.15, -0.1) is 0 Å². The summed E-state index contributed by atoms with van der Waals surface area (Å²) >= 11 is 1.92. The molecule has 1 nitrogen and oxygen atoms in total. The number of aryl methyl sites for hydroxylation is 1. The van der Waals surface area contributed by atoms with E-state index < -0.39 is 0 Å². The summed E-state index contributed by atoms with van der Waals surface area (Å²) in [4.78, 5) is 1.56. The Morgan fingerprint density at radius 2 is 1.21 bits per heavy atom. The number of benzene rings is 3. The molecule has 0 fully saturated rings. The Kier molecular flexibility index (Phi) is 5.61. The number of hydrogen-bond acceptors (Lipinski definition) is 1. The monoisotopic (exact) mass is 403 g/mol. The Balaban J connectivity index is 0.00000192. The topological polar surface area (TPSA) is 3.88 Å². The van der Waals surface area contributed by atoms with Crippen LogP contribution in [0.25, 0.3) is 27.9 Å². The summed E-state index contributed by atoms with van der Waals surface area (Å²) in [6, 6.07) is 28.3. The Labute approximate surface area is 176 Å². The first-order valence-electron chi connectivity index (χ1n) is 9.67. The van der Waals surface area contributed by atoms with Gasteiger partial charge in [0.2, 0.25) is 16.9 Å². The van der Waals surface area contributed by atoms with Crippen LogP contribution in [0.4, 0.5) is 0 Å². The smallest absolute Gasteiger partial charge is 0.231 e. The zero-order chi connectivity index (χ0) is 18.1. The zero-order valence-corrected chi connectivity index (χ0v) is 17.2. The molecule has 0 unspecified atom stereocenters. The second-order valence-electron chi connectivity index (χ2n) is 7.10. The van der Waals surface area contributed by atoms with Gasteiger partial charge in [-0.1, -0.05) is 78.1 Å². The fourth-order valence-corrected chi connectivity index (χ4v) is 5.18. The lowest BCUT2D eigenvalue weighted by Crippen LogP contribution is -3.00. The van der Waals surface area contributed by atoms with Crippen molar-refractivity contribution in [3.05, 3.63) is 94.9 Å². The summed E-state index contributed by atoms with van der Waals surface area (Å²) in [5.41, 5.74) is 10.3. The van der Waals surface area contributed by atoms with E-state index in [-0.39, 0.29) is 12.4 Å². The van der Waals surface area contributed by atoms with Crippen molar-refractivity contribution in [3.63, 3.8) is 0 Å². The minimum atomic E-state index is 0. The van der Waals surface area contributed by atoms with Crippen molar-refractivity contribution >= 4 is 11.3 Å². The highest BCUT2D eigenvalue weighted by Gasteiger charge is 2.29. The van der Waals surface area contributed by atoms with Crippen molar-refractivity contribution in [2.75, 3.05) is 0 Å². The molecule has 0 spiro atoms. The average Bonchev–Trinajstić information content (AvgIpc) is 3.18. The minimum Gasteiger partial charge on any atom is -1.00 e. The van der Waals surface area contributed by atoms with Crippen molar-refractivity contribution < 1.29 is 17.0 Å². The average molecular weight is 404 g/mol. The first-order chi connectivity index (χ1) is 13.4. The maximum absolute atomic E-state index is 2.48. The van der Waals surface area contributed by atoms with E-state index in [9.17, 15) is 0 Å². The molecule has 0 saturated heterocycles. The first kappa shape index (κ1) is 18.9. The maximum atomic E-state index is 2.48. The van der Waals surface area contributed by atoms with Gasteiger partial charge in [-0.25, -0.2) is 0 Å². The van der Waals surface area contributed by atoms with Crippen LogP contribution in [0.3, 0.4) is 0 Å². The normalized spacial score (nSPS) is 12.9. The summed E-state index contributed by atoms with van der Waals surface area (Å²) in [6.07, 6.45) is 5.01. The third-order valence-corrected chi connectivity index (χ3v) is 6.47. The van der Waals surface area contributed by atoms with E-state index in [0.29, 0.717) is 0 Å². The Morgan fingerprint density at radius 1 is 0.643 bits per heavy atom. The van der Waals surface area contributed by atoms with Crippen molar-refractivity contribution in [3.8, 4) is 27.9 Å². The highest BCUT2D eigenvalue weighted by atomic mass is 35.5. The molecule has 1 aromatic heterocycles. The van der Waals surface area contributed by atoms with Crippen LogP contribution in [0.2, 0.25) is 0 Å². The van der Waals surface area contributed by atoms with Crippen LogP contribution in [0, 0.1) is 0 Å². The zero-order valence-electron chi connectivity index (χ0n) is 15.6. The molecule has 3 aromatic carbocycles. The van der Waals surface area contributed by atoms with Crippen molar-refractivity contribution in [2.24, 2.45) is 0 Å². The van der Waals surface area contributed by atoms with E-state index in [0.717, 1.165) is 0 Å². The molecule has 0 N–H and O–H groups in total. The van der Waals surface area contributed by atoms with E-state index in [4.69, 9.17) is 0 Å². The lowest BCUT2D eigenvalue weighted by molar-refractivity contribution is -0.598. The lowest BCUT2D eigenvalue weighted by Gasteiger charge is -2.13. The Hall–Kier alpha value is -2.42. The van der Waals surface area contributed by atoms with E-state index in [1.54, 1.807) is 4.88 Å². The van der Waals surface area contributed by atoms with Crippen molar-refractivity contribution in [1.29, 1.82) is 0 Å². The van der Waals surface area contributed by atoms with Crippen LogP contribution in [-0.4, -0.2) is 0 Å². The predicted molar refractivity (Wildman–Crippen MR) is 113 cm³/mol. The van der Waals surface area contributed by atoms with Gasteiger partial charge in [-0.2, -0.15) is 4.57 Å². The number of aromatic nitrogens is 1. The quantitative estimate of drug-likeness (QED) is 0.462. The third-order valence-electron chi connectivity index (χ3n) is 5.43. The summed E-state index contributed by atoms with van der Waals surface area (Å²) in [5, 5.41) is 0. The van der Waals surface area contributed by atoms with E-state index in [1.807, 2.05) is 11.3 Å². The number of halogens is 1. The first-order valence-corrected chi connectivity index (χ1v) is 10.5. The second kappa shape index (κ2) is 8.30. The third kappa shape index (κ3) is 3.39. The molecule has 5 rings (SSSR count). The molecule has 28 heavy (non-hydrogen) atoms. The van der Waals surface area contributed by atoms with Gasteiger partial charge in [0.25, 0.3) is 0 Å². The van der Waals surface area contributed by atoms with Gasteiger partial charge in [0.1, 0.15) is 0 Å². The van der Waals surface area contributed by atoms with Gasteiger partial charge in [0.05, 0.1) is 16.0 Å². The molecule has 0 amide bonds. The van der Waals surface area contributed by atoms with Crippen LogP contribution >= 0.6 is 11.3 Å². The summed E-state index contributed by atoms with van der Waals surface area (Å²) in [5.74, 6) is 0. The molecule has 3 heteroatoms. The molecule has 1 aliphatic rings. The Morgan fingerprint density at radius 3 is 1.82 bits per heavy atom. The van der Waals surface area contributed by atoms with Gasteiger partial charge in [-0.05, 0) is 42.5 Å². The summed E-state index contributed by atoms with van der Waals surface area (Å²) in [6.45, 7) is 0. The van der Waals surface area contributed by atoms with Gasteiger partial charge in [0, 0.05) is 6.42 Å². The molecule has 0 atom stereocenters. The molecule has 1 aliphatic carbocycles. The molecule has 140 valence electrons. The summed E-state index contributed by atoms with van der Waals surface area (Å²) < 4.78 is 2.48. The van der Waals surface area contributed by atoms with E-state index in [1.165, 1.54) is 59.3 Å². The number of rotatable bonds is 3. The van der Waals surface area contributed by atoms with Crippen LogP contribution in [0.1, 0.15) is 23.4 Å². The molecular formula is C25H22ClNS. The highest BCUT2D eigenvalue weighted by Crippen LogP contribution is 2.34. The second-order valence-corrected chi connectivity index (χ2v) is 8.04. The lowest BCUT2D eigenvalue weighted by atomic mass is 9.95. The summed E-state index contributed by atoms with van der Waals surface area (Å²) in [7, 11) is 0. The van der Waals surface area contributed by atoms with Crippen LogP contribution in [0.15, 0.2) is 84.4 Å².